The van der Waals surface area contributed by atoms with Crippen molar-refractivity contribution >= 4 is 11.8 Å². The van der Waals surface area contributed by atoms with Crippen LogP contribution < -0.4 is 5.32 Å². The first-order valence-corrected chi connectivity index (χ1v) is 5.58. The Morgan fingerprint density at radius 1 is 1.71 bits per heavy atom. The maximum Gasteiger partial charge on any atom is 0.225 e. The minimum absolute atomic E-state index is 0.0321. The second-order valence-electron chi connectivity index (χ2n) is 4.41. The zero-order valence-electron chi connectivity index (χ0n) is 9.99. The van der Waals surface area contributed by atoms with Gasteiger partial charge in [-0.15, -0.1) is 0 Å². The minimum Gasteiger partial charge on any atom is -0.352 e. The van der Waals surface area contributed by atoms with Crippen LogP contribution in [0.4, 0.5) is 0 Å². The lowest BCUT2D eigenvalue weighted by Crippen LogP contribution is -2.31. The van der Waals surface area contributed by atoms with Crippen LogP contribution in [-0.2, 0) is 16.1 Å². The number of nitrogens with one attached hydrogen (secondary N) is 2. The third-order valence-electron chi connectivity index (χ3n) is 3.10. The summed E-state index contributed by atoms with van der Waals surface area (Å²) in [7, 11) is 1.72. The Morgan fingerprint density at radius 2 is 2.47 bits per heavy atom. The molecule has 2 heterocycles. The quantitative estimate of drug-likeness (QED) is 0.763. The average molecular weight is 236 g/mol. The molecule has 1 unspecified atom stereocenters. The van der Waals surface area contributed by atoms with Gasteiger partial charge < -0.3 is 10.2 Å². The van der Waals surface area contributed by atoms with Gasteiger partial charge in [0.1, 0.15) is 0 Å². The zero-order valence-corrected chi connectivity index (χ0v) is 9.99. The predicted octanol–water partition coefficient (Wildman–Crippen LogP) is -0.187. The van der Waals surface area contributed by atoms with E-state index in [1.54, 1.807) is 18.1 Å². The van der Waals surface area contributed by atoms with E-state index in [-0.39, 0.29) is 17.7 Å². The molecule has 0 aliphatic carbocycles. The molecule has 0 aromatic carbocycles. The Morgan fingerprint density at radius 3 is 3.00 bits per heavy atom. The number of hydrogen-bond donors (Lipinski definition) is 2. The molecule has 0 saturated carbocycles. The van der Waals surface area contributed by atoms with E-state index in [2.05, 4.69) is 15.5 Å². The van der Waals surface area contributed by atoms with E-state index in [0.717, 1.165) is 11.3 Å². The molecule has 2 amide bonds. The molecule has 1 saturated heterocycles. The van der Waals surface area contributed by atoms with Gasteiger partial charge in [0.05, 0.1) is 12.1 Å². The minimum atomic E-state index is -0.222. The molecule has 6 heteroatoms. The second kappa shape index (κ2) is 4.57. The molecule has 1 aromatic heterocycles. The Balaban J connectivity index is 1.86. The Labute approximate surface area is 99.4 Å². The molecule has 1 fully saturated rings. The van der Waals surface area contributed by atoms with Crippen LogP contribution in [0.15, 0.2) is 6.20 Å². The van der Waals surface area contributed by atoms with Crippen molar-refractivity contribution in [1.82, 2.24) is 20.4 Å². The summed E-state index contributed by atoms with van der Waals surface area (Å²) in [5.74, 6) is -0.257. The number of rotatable bonds is 3. The summed E-state index contributed by atoms with van der Waals surface area (Å²) < 4.78 is 0. The molecule has 0 bridgehead atoms. The van der Waals surface area contributed by atoms with E-state index < -0.39 is 0 Å². The van der Waals surface area contributed by atoms with E-state index in [1.807, 2.05) is 6.92 Å². The summed E-state index contributed by atoms with van der Waals surface area (Å²) in [6.07, 6.45) is 2.01. The third-order valence-corrected chi connectivity index (χ3v) is 3.10. The third kappa shape index (κ3) is 2.46. The molecule has 6 nitrogen and oxygen atoms in total. The largest absolute Gasteiger partial charge is 0.352 e. The molecule has 17 heavy (non-hydrogen) atoms. The monoisotopic (exact) mass is 236 g/mol. The lowest BCUT2D eigenvalue weighted by Gasteiger charge is -2.10. The molecule has 1 aromatic rings. The van der Waals surface area contributed by atoms with Gasteiger partial charge in [-0.1, -0.05) is 0 Å². The summed E-state index contributed by atoms with van der Waals surface area (Å²) in [4.78, 5) is 24.7. The molecule has 1 aliphatic heterocycles. The molecule has 0 radical (unpaired) electrons. The number of H-pyrrole nitrogens is 1. The van der Waals surface area contributed by atoms with Gasteiger partial charge in [0, 0.05) is 37.8 Å². The molecular formula is C11H16N4O2. The van der Waals surface area contributed by atoms with Gasteiger partial charge in [-0.3, -0.25) is 14.7 Å². The summed E-state index contributed by atoms with van der Waals surface area (Å²) in [5, 5.41) is 9.53. The number of amides is 2. The highest BCUT2D eigenvalue weighted by atomic mass is 16.2. The van der Waals surface area contributed by atoms with Crippen LogP contribution in [-0.4, -0.2) is 40.5 Å². The summed E-state index contributed by atoms with van der Waals surface area (Å²) in [6, 6.07) is 0. The highest BCUT2D eigenvalue weighted by molar-refractivity contribution is 5.89. The van der Waals surface area contributed by atoms with Crippen LogP contribution >= 0.6 is 0 Å². The van der Waals surface area contributed by atoms with Crippen molar-refractivity contribution < 1.29 is 9.59 Å². The van der Waals surface area contributed by atoms with Crippen molar-refractivity contribution in [3.63, 3.8) is 0 Å². The number of carbonyl (C=O) groups excluding carboxylic acids is 2. The fourth-order valence-corrected chi connectivity index (χ4v) is 1.92. The lowest BCUT2D eigenvalue weighted by atomic mass is 10.1. The normalized spacial score (nSPS) is 19.8. The predicted molar refractivity (Wildman–Crippen MR) is 60.9 cm³/mol. The van der Waals surface area contributed by atoms with E-state index in [0.29, 0.717) is 19.5 Å². The van der Waals surface area contributed by atoms with Crippen molar-refractivity contribution in [3.8, 4) is 0 Å². The van der Waals surface area contributed by atoms with Crippen LogP contribution in [0, 0.1) is 12.8 Å². The van der Waals surface area contributed by atoms with E-state index in [9.17, 15) is 9.59 Å². The number of nitrogens with zero attached hydrogens (tertiary/aromatic N) is 2. The summed E-state index contributed by atoms with van der Waals surface area (Å²) >= 11 is 0. The van der Waals surface area contributed by atoms with Crippen LogP contribution in [0.5, 0.6) is 0 Å². The van der Waals surface area contributed by atoms with Gasteiger partial charge in [-0.2, -0.15) is 5.10 Å². The first-order valence-electron chi connectivity index (χ1n) is 5.58. The fourth-order valence-electron chi connectivity index (χ4n) is 1.92. The summed E-state index contributed by atoms with van der Waals surface area (Å²) in [6.45, 7) is 2.87. The van der Waals surface area contributed by atoms with Gasteiger partial charge in [-0.05, 0) is 6.92 Å². The maximum absolute atomic E-state index is 11.8. The van der Waals surface area contributed by atoms with E-state index >= 15 is 0 Å². The van der Waals surface area contributed by atoms with E-state index in [4.69, 9.17) is 0 Å². The van der Waals surface area contributed by atoms with Crippen molar-refractivity contribution in [2.24, 2.45) is 5.92 Å². The summed E-state index contributed by atoms with van der Waals surface area (Å²) in [5.41, 5.74) is 1.92. The average Bonchev–Trinajstić information content (AvgIpc) is 2.83. The van der Waals surface area contributed by atoms with Crippen molar-refractivity contribution in [2.75, 3.05) is 13.6 Å². The van der Waals surface area contributed by atoms with Gasteiger partial charge in [-0.25, -0.2) is 0 Å². The van der Waals surface area contributed by atoms with Crippen molar-refractivity contribution in [1.29, 1.82) is 0 Å². The van der Waals surface area contributed by atoms with Crippen molar-refractivity contribution in [2.45, 2.75) is 19.9 Å². The number of aryl methyl sites for hydroxylation is 1. The number of likely N-dealkylation sites (tertiary alicyclic amines) is 1. The lowest BCUT2D eigenvalue weighted by molar-refractivity contribution is -0.128. The highest BCUT2D eigenvalue weighted by Gasteiger charge is 2.31. The second-order valence-corrected chi connectivity index (χ2v) is 4.41. The first kappa shape index (κ1) is 11.6. The first-order chi connectivity index (χ1) is 8.08. The molecule has 0 spiro atoms. The van der Waals surface area contributed by atoms with Crippen LogP contribution in [0.2, 0.25) is 0 Å². The van der Waals surface area contributed by atoms with Crippen molar-refractivity contribution in [3.05, 3.63) is 17.5 Å². The number of aromatic nitrogens is 2. The standard InChI is InChI=1S/C11H16N4O2/c1-7-9(5-13-14-7)4-12-11(17)8-3-10(16)15(2)6-8/h5,8H,3-4,6H2,1-2H3,(H,12,17)(H,13,14). The topological polar surface area (TPSA) is 78.1 Å². The number of hydrogen-bond acceptors (Lipinski definition) is 3. The zero-order chi connectivity index (χ0) is 12.4. The molecule has 1 atom stereocenters. The molecule has 2 rings (SSSR count). The molecule has 1 aliphatic rings. The fraction of sp³-hybridized carbons (Fsp3) is 0.545. The molecular weight excluding hydrogens is 220 g/mol. The number of aromatic amines is 1. The Bertz CT molecular complexity index is 440. The van der Waals surface area contributed by atoms with Gasteiger partial charge in [0.15, 0.2) is 0 Å². The molecule has 92 valence electrons. The van der Waals surface area contributed by atoms with Gasteiger partial charge >= 0.3 is 0 Å². The van der Waals surface area contributed by atoms with Crippen LogP contribution in [0.25, 0.3) is 0 Å². The Kier molecular flexibility index (Phi) is 3.12. The molecule has 2 N–H and O–H groups in total. The smallest absolute Gasteiger partial charge is 0.225 e. The highest BCUT2D eigenvalue weighted by Crippen LogP contribution is 2.16. The van der Waals surface area contributed by atoms with Gasteiger partial charge in [0.2, 0.25) is 11.8 Å². The van der Waals surface area contributed by atoms with Crippen LogP contribution in [0.3, 0.4) is 0 Å². The van der Waals surface area contributed by atoms with Crippen LogP contribution in [0.1, 0.15) is 17.7 Å². The SMILES string of the molecule is Cc1[nH]ncc1CNC(=O)C1CC(=O)N(C)C1. The maximum atomic E-state index is 11.8. The number of carbonyl (C=O) groups is 2. The van der Waals surface area contributed by atoms with E-state index in [1.165, 1.54) is 0 Å². The Hall–Kier alpha value is -1.85. The van der Waals surface area contributed by atoms with Gasteiger partial charge in [0.25, 0.3) is 0 Å².